The van der Waals surface area contributed by atoms with Crippen LogP contribution in [0.3, 0.4) is 0 Å². The lowest BCUT2D eigenvalue weighted by Crippen LogP contribution is -2.48. The Balaban J connectivity index is 2.60. The highest BCUT2D eigenvalue weighted by Gasteiger charge is 2.29. The van der Waals surface area contributed by atoms with Crippen LogP contribution < -0.4 is 0 Å². The molecule has 0 heterocycles. The van der Waals surface area contributed by atoms with E-state index in [1.54, 1.807) is 0 Å². The van der Waals surface area contributed by atoms with E-state index in [2.05, 4.69) is 6.92 Å². The summed E-state index contributed by atoms with van der Waals surface area (Å²) in [7, 11) is 1.97. The first-order valence-electron chi connectivity index (χ1n) is 6.63. The highest BCUT2D eigenvalue weighted by atomic mass is 16.2. The van der Waals surface area contributed by atoms with Crippen LogP contribution >= 0.6 is 0 Å². The van der Waals surface area contributed by atoms with E-state index in [1.165, 1.54) is 25.7 Å². The first kappa shape index (κ1) is 13.3. The summed E-state index contributed by atoms with van der Waals surface area (Å²) >= 11 is 0. The van der Waals surface area contributed by atoms with Gasteiger partial charge >= 0.3 is 6.03 Å². The molecule has 16 heavy (non-hydrogen) atoms. The van der Waals surface area contributed by atoms with Crippen molar-refractivity contribution < 1.29 is 4.79 Å². The third-order valence-electron chi connectivity index (χ3n) is 3.90. The van der Waals surface area contributed by atoms with Crippen LogP contribution in [0.25, 0.3) is 0 Å². The fourth-order valence-corrected chi connectivity index (χ4v) is 2.73. The molecule has 3 heteroatoms. The molecule has 2 unspecified atom stereocenters. The monoisotopic (exact) mass is 226 g/mol. The van der Waals surface area contributed by atoms with Crippen LogP contribution in [0, 0.1) is 5.92 Å². The van der Waals surface area contributed by atoms with Crippen LogP contribution in [0.1, 0.15) is 46.5 Å². The van der Waals surface area contributed by atoms with Gasteiger partial charge in [-0.25, -0.2) is 4.79 Å². The van der Waals surface area contributed by atoms with E-state index in [9.17, 15) is 4.79 Å². The topological polar surface area (TPSA) is 23.6 Å². The second kappa shape index (κ2) is 6.12. The molecule has 1 saturated carbocycles. The van der Waals surface area contributed by atoms with Gasteiger partial charge in [0.15, 0.2) is 0 Å². The molecule has 0 aromatic heterocycles. The largest absolute Gasteiger partial charge is 0.325 e. The molecular formula is C13H26N2O. The Bertz CT molecular complexity index is 226. The zero-order valence-electron chi connectivity index (χ0n) is 11.2. The maximum atomic E-state index is 12.2. The number of hydrogen-bond acceptors (Lipinski definition) is 1. The van der Waals surface area contributed by atoms with E-state index in [0.717, 1.165) is 13.1 Å². The maximum Gasteiger partial charge on any atom is 0.319 e. The minimum atomic E-state index is 0.198. The van der Waals surface area contributed by atoms with Crippen molar-refractivity contribution in [2.45, 2.75) is 52.5 Å². The molecular weight excluding hydrogens is 200 g/mol. The van der Waals surface area contributed by atoms with Gasteiger partial charge in [-0.2, -0.15) is 0 Å². The summed E-state index contributed by atoms with van der Waals surface area (Å²) in [5.74, 6) is 0.651. The van der Waals surface area contributed by atoms with Crippen LogP contribution in [-0.4, -0.2) is 42.0 Å². The Morgan fingerprint density at radius 3 is 2.25 bits per heavy atom. The van der Waals surface area contributed by atoms with Crippen molar-refractivity contribution >= 4 is 6.03 Å². The molecule has 0 bridgehead atoms. The van der Waals surface area contributed by atoms with E-state index in [4.69, 9.17) is 0 Å². The van der Waals surface area contributed by atoms with Gasteiger partial charge in [0.05, 0.1) is 0 Å². The molecule has 0 radical (unpaired) electrons. The van der Waals surface area contributed by atoms with Crippen molar-refractivity contribution in [3.8, 4) is 0 Å². The Hall–Kier alpha value is -0.730. The molecule has 0 aromatic carbocycles. The quantitative estimate of drug-likeness (QED) is 0.725. The van der Waals surface area contributed by atoms with Crippen LogP contribution in [-0.2, 0) is 0 Å². The number of hydrogen-bond donors (Lipinski definition) is 0. The Morgan fingerprint density at radius 2 is 1.75 bits per heavy atom. The van der Waals surface area contributed by atoms with Crippen molar-refractivity contribution in [2.24, 2.45) is 5.92 Å². The molecule has 2 amide bonds. The van der Waals surface area contributed by atoms with Gasteiger partial charge in [0.1, 0.15) is 0 Å². The highest BCUT2D eigenvalue weighted by Crippen LogP contribution is 2.27. The number of nitrogens with zero attached hydrogens (tertiary/aromatic N) is 2. The minimum absolute atomic E-state index is 0.198. The van der Waals surface area contributed by atoms with Crippen molar-refractivity contribution in [3.05, 3.63) is 0 Å². The van der Waals surface area contributed by atoms with Gasteiger partial charge in [0.2, 0.25) is 0 Å². The van der Waals surface area contributed by atoms with Crippen molar-refractivity contribution in [3.63, 3.8) is 0 Å². The molecule has 1 aliphatic carbocycles. The standard InChI is InChI=1S/C13H26N2O/c1-5-15(6-2)13(16)14(4)12-10-8-7-9-11(12)3/h11-12H,5-10H2,1-4H3. The molecule has 1 fully saturated rings. The van der Waals surface area contributed by atoms with Crippen molar-refractivity contribution in [1.29, 1.82) is 0 Å². The molecule has 1 rings (SSSR count). The average molecular weight is 226 g/mol. The van der Waals surface area contributed by atoms with Crippen molar-refractivity contribution in [2.75, 3.05) is 20.1 Å². The third kappa shape index (κ3) is 2.89. The number of carbonyl (C=O) groups is 1. The van der Waals surface area contributed by atoms with E-state index in [-0.39, 0.29) is 6.03 Å². The summed E-state index contributed by atoms with van der Waals surface area (Å²) in [6, 6.07) is 0.644. The fourth-order valence-electron chi connectivity index (χ4n) is 2.73. The summed E-state index contributed by atoms with van der Waals surface area (Å²) in [4.78, 5) is 16.1. The lowest BCUT2D eigenvalue weighted by molar-refractivity contribution is 0.117. The van der Waals surface area contributed by atoms with E-state index in [0.29, 0.717) is 12.0 Å². The third-order valence-corrected chi connectivity index (χ3v) is 3.90. The predicted octanol–water partition coefficient (Wildman–Crippen LogP) is 2.96. The number of amides is 2. The smallest absolute Gasteiger partial charge is 0.319 e. The lowest BCUT2D eigenvalue weighted by Gasteiger charge is -2.38. The zero-order valence-corrected chi connectivity index (χ0v) is 11.2. The van der Waals surface area contributed by atoms with Gasteiger partial charge in [-0.05, 0) is 32.6 Å². The Labute approximate surface area is 99.8 Å². The summed E-state index contributed by atoms with van der Waals surface area (Å²) in [5, 5.41) is 0. The molecule has 3 nitrogen and oxygen atoms in total. The molecule has 1 aliphatic rings. The molecule has 0 spiro atoms. The van der Waals surface area contributed by atoms with Gasteiger partial charge in [-0.1, -0.05) is 19.8 Å². The molecule has 0 saturated heterocycles. The highest BCUT2D eigenvalue weighted by molar-refractivity contribution is 5.74. The van der Waals surface area contributed by atoms with Crippen molar-refractivity contribution in [1.82, 2.24) is 9.80 Å². The van der Waals surface area contributed by atoms with E-state index < -0.39 is 0 Å². The first-order chi connectivity index (χ1) is 7.61. The Morgan fingerprint density at radius 1 is 1.19 bits per heavy atom. The van der Waals surface area contributed by atoms with Crippen LogP contribution in [0.4, 0.5) is 4.79 Å². The SMILES string of the molecule is CCN(CC)C(=O)N(C)C1CCCCC1C. The normalized spacial score (nSPS) is 25.2. The van der Waals surface area contributed by atoms with Gasteiger partial charge in [-0.3, -0.25) is 0 Å². The number of carbonyl (C=O) groups excluding carboxylic acids is 1. The molecule has 0 N–H and O–H groups in total. The maximum absolute atomic E-state index is 12.2. The van der Waals surface area contributed by atoms with Gasteiger partial charge in [-0.15, -0.1) is 0 Å². The summed E-state index contributed by atoms with van der Waals surface area (Å²) in [5.41, 5.74) is 0. The lowest BCUT2D eigenvalue weighted by atomic mass is 9.85. The second-order valence-corrected chi connectivity index (χ2v) is 4.89. The molecule has 0 aliphatic heterocycles. The molecule has 94 valence electrons. The van der Waals surface area contributed by atoms with Crippen LogP contribution in [0.5, 0.6) is 0 Å². The number of urea groups is 1. The Kier molecular flexibility index (Phi) is 5.10. The fraction of sp³-hybridized carbons (Fsp3) is 0.923. The van der Waals surface area contributed by atoms with Gasteiger partial charge < -0.3 is 9.80 Å². The zero-order chi connectivity index (χ0) is 12.1. The minimum Gasteiger partial charge on any atom is -0.325 e. The van der Waals surface area contributed by atoms with Gasteiger partial charge in [0, 0.05) is 26.2 Å². The molecule has 0 aromatic rings. The van der Waals surface area contributed by atoms with Crippen LogP contribution in [0.15, 0.2) is 0 Å². The van der Waals surface area contributed by atoms with E-state index in [1.807, 2.05) is 30.7 Å². The van der Waals surface area contributed by atoms with Gasteiger partial charge in [0.25, 0.3) is 0 Å². The average Bonchev–Trinajstić information content (AvgIpc) is 2.30. The van der Waals surface area contributed by atoms with Crippen LogP contribution in [0.2, 0.25) is 0 Å². The summed E-state index contributed by atoms with van der Waals surface area (Å²) < 4.78 is 0. The summed E-state index contributed by atoms with van der Waals surface area (Å²) in [6.07, 6.45) is 5.03. The number of rotatable bonds is 3. The predicted molar refractivity (Wildman–Crippen MR) is 67.5 cm³/mol. The van der Waals surface area contributed by atoms with E-state index >= 15 is 0 Å². The molecule has 2 atom stereocenters. The second-order valence-electron chi connectivity index (χ2n) is 4.89. The summed E-state index contributed by atoms with van der Waals surface area (Å²) in [6.45, 7) is 7.97. The first-order valence-corrected chi connectivity index (χ1v) is 6.63.